The highest BCUT2D eigenvalue weighted by Gasteiger charge is 2.21. The van der Waals surface area contributed by atoms with Crippen molar-refractivity contribution < 1.29 is 14.3 Å². The van der Waals surface area contributed by atoms with Gasteiger partial charge in [0.15, 0.2) is 0 Å². The second-order valence-corrected chi connectivity index (χ2v) is 4.87. The van der Waals surface area contributed by atoms with Crippen LogP contribution in [0.15, 0.2) is 30.3 Å². The van der Waals surface area contributed by atoms with E-state index in [0.717, 1.165) is 17.3 Å². The monoisotopic (exact) mass is 267 g/mol. The highest BCUT2D eigenvalue weighted by molar-refractivity contribution is 8.13. The molecule has 18 heavy (non-hydrogen) atoms. The number of thioether (sulfide) groups is 1. The van der Waals surface area contributed by atoms with Gasteiger partial charge in [-0.3, -0.25) is 4.79 Å². The van der Waals surface area contributed by atoms with Crippen molar-refractivity contribution >= 4 is 23.0 Å². The zero-order valence-electron chi connectivity index (χ0n) is 10.5. The summed E-state index contributed by atoms with van der Waals surface area (Å²) in [4.78, 5) is 23.1. The fourth-order valence-electron chi connectivity index (χ4n) is 1.50. The Morgan fingerprint density at radius 1 is 1.33 bits per heavy atom. The SMILES string of the molecule is CCSC(=O)N[C@@H](Cc1ccccc1)C(=O)OC. The Morgan fingerprint density at radius 2 is 2.00 bits per heavy atom. The molecule has 98 valence electrons. The van der Waals surface area contributed by atoms with Gasteiger partial charge >= 0.3 is 5.97 Å². The first-order valence-electron chi connectivity index (χ1n) is 5.72. The van der Waals surface area contributed by atoms with Crippen LogP contribution in [0.25, 0.3) is 0 Å². The summed E-state index contributed by atoms with van der Waals surface area (Å²) >= 11 is 1.14. The molecule has 4 nitrogen and oxygen atoms in total. The van der Waals surface area contributed by atoms with Crippen LogP contribution in [0.1, 0.15) is 12.5 Å². The molecule has 0 saturated heterocycles. The Kier molecular flexibility index (Phi) is 6.28. The third-order valence-corrected chi connectivity index (χ3v) is 3.00. The molecule has 1 aromatic carbocycles. The van der Waals surface area contributed by atoms with Crippen LogP contribution in [0.2, 0.25) is 0 Å². The number of methoxy groups -OCH3 is 1. The van der Waals surface area contributed by atoms with Crippen LogP contribution >= 0.6 is 11.8 Å². The lowest BCUT2D eigenvalue weighted by atomic mass is 10.1. The van der Waals surface area contributed by atoms with Gasteiger partial charge in [0.25, 0.3) is 5.24 Å². The molecule has 0 aromatic heterocycles. The van der Waals surface area contributed by atoms with Gasteiger partial charge in [-0.2, -0.15) is 0 Å². The molecule has 1 atom stereocenters. The number of ether oxygens (including phenoxy) is 1. The second-order valence-electron chi connectivity index (χ2n) is 3.63. The summed E-state index contributed by atoms with van der Waals surface area (Å²) < 4.78 is 4.70. The van der Waals surface area contributed by atoms with E-state index >= 15 is 0 Å². The number of nitrogens with one attached hydrogen (secondary N) is 1. The molecule has 0 bridgehead atoms. The van der Waals surface area contributed by atoms with Crippen LogP contribution in [0.3, 0.4) is 0 Å². The highest BCUT2D eigenvalue weighted by Crippen LogP contribution is 2.07. The number of hydrogen-bond acceptors (Lipinski definition) is 4. The predicted molar refractivity (Wildman–Crippen MR) is 72.6 cm³/mol. The van der Waals surface area contributed by atoms with Gasteiger partial charge in [-0.1, -0.05) is 49.0 Å². The Bertz CT molecular complexity index is 394. The summed E-state index contributed by atoms with van der Waals surface area (Å²) in [7, 11) is 1.32. The maximum absolute atomic E-state index is 11.6. The molecule has 1 N–H and O–H groups in total. The van der Waals surface area contributed by atoms with E-state index in [1.54, 1.807) is 0 Å². The molecule has 1 aromatic rings. The van der Waals surface area contributed by atoms with Gasteiger partial charge in [-0.25, -0.2) is 4.79 Å². The normalized spacial score (nSPS) is 11.7. The van der Waals surface area contributed by atoms with E-state index in [2.05, 4.69) is 5.32 Å². The van der Waals surface area contributed by atoms with Gasteiger partial charge in [-0.15, -0.1) is 0 Å². The molecule has 0 aliphatic carbocycles. The molecule has 0 aliphatic heterocycles. The van der Waals surface area contributed by atoms with Gasteiger partial charge in [-0.05, 0) is 11.3 Å². The third kappa shape index (κ3) is 4.79. The average molecular weight is 267 g/mol. The zero-order valence-corrected chi connectivity index (χ0v) is 11.3. The predicted octanol–water partition coefficient (Wildman–Crippen LogP) is 2.23. The highest BCUT2D eigenvalue weighted by atomic mass is 32.2. The van der Waals surface area contributed by atoms with E-state index in [1.807, 2.05) is 37.3 Å². The first kappa shape index (κ1) is 14.6. The lowest BCUT2D eigenvalue weighted by Gasteiger charge is -2.16. The first-order valence-corrected chi connectivity index (χ1v) is 6.71. The molecular weight excluding hydrogens is 250 g/mol. The van der Waals surface area contributed by atoms with Crippen molar-refractivity contribution in [2.45, 2.75) is 19.4 Å². The summed E-state index contributed by atoms with van der Waals surface area (Å²) in [6.07, 6.45) is 0.434. The van der Waals surface area contributed by atoms with E-state index < -0.39 is 12.0 Å². The van der Waals surface area contributed by atoms with Crippen LogP contribution in [0.4, 0.5) is 4.79 Å². The van der Waals surface area contributed by atoms with E-state index in [9.17, 15) is 9.59 Å². The topological polar surface area (TPSA) is 55.4 Å². The van der Waals surface area contributed by atoms with Crippen molar-refractivity contribution in [3.8, 4) is 0 Å². The number of carbonyl (C=O) groups is 2. The summed E-state index contributed by atoms with van der Waals surface area (Å²) in [6, 6.07) is 8.88. The van der Waals surface area contributed by atoms with Crippen LogP contribution in [-0.4, -0.2) is 30.1 Å². The number of rotatable bonds is 5. The quantitative estimate of drug-likeness (QED) is 0.831. The first-order chi connectivity index (χ1) is 8.67. The Hall–Kier alpha value is -1.49. The standard InChI is InChI=1S/C13H17NO3S/c1-3-18-13(16)14-11(12(15)17-2)9-10-7-5-4-6-8-10/h4-8,11H,3,9H2,1-2H3,(H,14,16)/t11-/m0/s1. The zero-order chi connectivity index (χ0) is 13.4. The lowest BCUT2D eigenvalue weighted by molar-refractivity contribution is -0.142. The van der Waals surface area contributed by atoms with Crippen LogP contribution in [-0.2, 0) is 16.0 Å². The van der Waals surface area contributed by atoms with Crippen molar-refractivity contribution in [3.05, 3.63) is 35.9 Å². The van der Waals surface area contributed by atoms with E-state index in [-0.39, 0.29) is 5.24 Å². The van der Waals surface area contributed by atoms with Crippen molar-refractivity contribution in [2.75, 3.05) is 12.9 Å². The van der Waals surface area contributed by atoms with Crippen molar-refractivity contribution in [2.24, 2.45) is 0 Å². The van der Waals surface area contributed by atoms with E-state index in [4.69, 9.17) is 4.74 Å². The van der Waals surface area contributed by atoms with Crippen LogP contribution < -0.4 is 5.32 Å². The van der Waals surface area contributed by atoms with Crippen LogP contribution in [0.5, 0.6) is 0 Å². The van der Waals surface area contributed by atoms with E-state index in [0.29, 0.717) is 12.2 Å². The Labute approximate surface area is 111 Å². The molecule has 0 fully saturated rings. The molecule has 1 amide bonds. The molecule has 5 heteroatoms. The lowest BCUT2D eigenvalue weighted by Crippen LogP contribution is -2.41. The Balaban J connectivity index is 2.67. The van der Waals surface area contributed by atoms with Gasteiger partial charge in [0.05, 0.1) is 7.11 Å². The maximum Gasteiger partial charge on any atom is 0.328 e. The van der Waals surface area contributed by atoms with E-state index in [1.165, 1.54) is 7.11 Å². The minimum absolute atomic E-state index is 0.205. The average Bonchev–Trinajstić information content (AvgIpc) is 2.38. The molecule has 0 heterocycles. The smallest absolute Gasteiger partial charge is 0.328 e. The summed E-state index contributed by atoms with van der Waals surface area (Å²) in [5, 5.41) is 2.46. The Morgan fingerprint density at radius 3 is 2.56 bits per heavy atom. The van der Waals surface area contributed by atoms with Crippen molar-refractivity contribution in [3.63, 3.8) is 0 Å². The minimum Gasteiger partial charge on any atom is -0.467 e. The molecular formula is C13H17NO3S. The maximum atomic E-state index is 11.6. The summed E-state index contributed by atoms with van der Waals surface area (Å²) in [6.45, 7) is 1.88. The fourth-order valence-corrected chi connectivity index (χ4v) is 1.99. The van der Waals surface area contributed by atoms with Crippen molar-refractivity contribution in [1.82, 2.24) is 5.32 Å². The molecule has 0 radical (unpaired) electrons. The van der Waals surface area contributed by atoms with Crippen molar-refractivity contribution in [1.29, 1.82) is 0 Å². The molecule has 0 spiro atoms. The van der Waals surface area contributed by atoms with Crippen LogP contribution in [0, 0.1) is 0 Å². The van der Waals surface area contributed by atoms with Gasteiger partial charge in [0.2, 0.25) is 0 Å². The number of amides is 1. The molecule has 1 rings (SSSR count). The third-order valence-electron chi connectivity index (χ3n) is 2.34. The molecule has 0 saturated carbocycles. The fraction of sp³-hybridized carbons (Fsp3) is 0.385. The number of hydrogen-bond donors (Lipinski definition) is 1. The van der Waals surface area contributed by atoms with Gasteiger partial charge in [0, 0.05) is 6.42 Å². The summed E-state index contributed by atoms with van der Waals surface area (Å²) in [5.74, 6) is 0.245. The van der Waals surface area contributed by atoms with Gasteiger partial charge < -0.3 is 10.1 Å². The minimum atomic E-state index is -0.635. The number of esters is 1. The summed E-state index contributed by atoms with van der Waals surface area (Å²) in [5.41, 5.74) is 0.981. The number of benzene rings is 1. The molecule has 0 aliphatic rings. The molecule has 0 unspecified atom stereocenters. The largest absolute Gasteiger partial charge is 0.467 e. The second kappa shape index (κ2) is 7.76. The number of carbonyl (C=O) groups excluding carboxylic acids is 2. The van der Waals surface area contributed by atoms with Gasteiger partial charge in [0.1, 0.15) is 6.04 Å².